The van der Waals surface area contributed by atoms with Gasteiger partial charge in [0, 0.05) is 0 Å². The number of halogens is 1. The van der Waals surface area contributed by atoms with Crippen LogP contribution in [0.1, 0.15) is 18.5 Å². The van der Waals surface area contributed by atoms with Gasteiger partial charge in [0.05, 0.1) is 30.4 Å². The average Bonchev–Trinajstić information content (AvgIpc) is 2.47. The summed E-state index contributed by atoms with van der Waals surface area (Å²) in [6.07, 6.45) is 0. The Bertz CT molecular complexity index is 544. The molecule has 0 heterocycles. The molecule has 0 amide bonds. The van der Waals surface area contributed by atoms with Crippen LogP contribution in [0.4, 0.5) is 0 Å². The molecule has 1 atom stereocenters. The molecule has 0 radical (unpaired) electrons. The molecular formula is C13H20ClNO5S. The molecule has 1 unspecified atom stereocenters. The zero-order valence-corrected chi connectivity index (χ0v) is 13.6. The van der Waals surface area contributed by atoms with Crippen LogP contribution < -0.4 is 5.73 Å². The van der Waals surface area contributed by atoms with Crippen molar-refractivity contribution in [2.24, 2.45) is 5.73 Å². The van der Waals surface area contributed by atoms with E-state index in [4.69, 9.17) is 10.5 Å². The first-order chi connectivity index (χ1) is 9.40. The summed E-state index contributed by atoms with van der Waals surface area (Å²) < 4.78 is 32.8. The number of ether oxygens (including phenoxy) is 2. The molecule has 1 aromatic carbocycles. The van der Waals surface area contributed by atoms with Gasteiger partial charge >= 0.3 is 5.97 Å². The lowest BCUT2D eigenvalue weighted by molar-refractivity contribution is -0.146. The van der Waals surface area contributed by atoms with Gasteiger partial charge in [-0.05, 0) is 17.7 Å². The molecule has 0 aliphatic carbocycles. The van der Waals surface area contributed by atoms with E-state index in [0.717, 1.165) is 5.56 Å². The molecule has 0 saturated heterocycles. The van der Waals surface area contributed by atoms with E-state index in [9.17, 15) is 13.2 Å². The fourth-order valence-electron chi connectivity index (χ4n) is 1.51. The smallest absolute Gasteiger partial charge is 0.331 e. The summed E-state index contributed by atoms with van der Waals surface area (Å²) in [5.41, 5.74) is 6.63. The molecular weight excluding hydrogens is 318 g/mol. The Morgan fingerprint density at radius 2 is 1.86 bits per heavy atom. The largest absolute Gasteiger partial charge is 0.467 e. The van der Waals surface area contributed by atoms with E-state index in [1.165, 1.54) is 19.2 Å². The van der Waals surface area contributed by atoms with Crippen molar-refractivity contribution in [3.8, 4) is 0 Å². The van der Waals surface area contributed by atoms with Gasteiger partial charge in [-0.15, -0.1) is 12.4 Å². The molecule has 0 saturated carbocycles. The standard InChI is InChI=1S/C13H19NO5S.ClH/c1-3-20(16,17)11-6-4-10(5-7-11)12(14)8-19-9-13(15)18-2;/h4-7,12H,3,8-9,14H2,1-2H3;1H. The molecule has 6 nitrogen and oxygen atoms in total. The van der Waals surface area contributed by atoms with Crippen molar-refractivity contribution in [2.45, 2.75) is 17.9 Å². The van der Waals surface area contributed by atoms with Crippen molar-refractivity contribution in [1.29, 1.82) is 0 Å². The lowest BCUT2D eigenvalue weighted by Gasteiger charge is -2.12. The topological polar surface area (TPSA) is 95.7 Å². The predicted octanol–water partition coefficient (Wildman–Crippen LogP) is 1.09. The Balaban J connectivity index is 0.00000400. The first kappa shape index (κ1) is 19.9. The third-order valence-electron chi connectivity index (χ3n) is 2.79. The van der Waals surface area contributed by atoms with Crippen LogP contribution in [-0.2, 0) is 24.1 Å². The molecule has 21 heavy (non-hydrogen) atoms. The molecule has 0 spiro atoms. The highest BCUT2D eigenvalue weighted by Gasteiger charge is 2.13. The normalized spacial score (nSPS) is 12.3. The summed E-state index contributed by atoms with van der Waals surface area (Å²) in [6.45, 7) is 1.58. The van der Waals surface area contributed by atoms with E-state index < -0.39 is 21.8 Å². The summed E-state index contributed by atoms with van der Waals surface area (Å²) in [6, 6.07) is 5.91. The Labute approximate surface area is 130 Å². The Morgan fingerprint density at radius 1 is 1.29 bits per heavy atom. The molecule has 1 rings (SSSR count). The number of methoxy groups -OCH3 is 1. The molecule has 120 valence electrons. The van der Waals surface area contributed by atoms with E-state index in [2.05, 4.69) is 4.74 Å². The zero-order chi connectivity index (χ0) is 15.2. The number of carbonyl (C=O) groups excluding carboxylic acids is 1. The van der Waals surface area contributed by atoms with Gasteiger partial charge in [-0.3, -0.25) is 0 Å². The molecule has 0 aromatic heterocycles. The summed E-state index contributed by atoms with van der Waals surface area (Å²) in [4.78, 5) is 11.1. The summed E-state index contributed by atoms with van der Waals surface area (Å²) in [5, 5.41) is 0. The van der Waals surface area contributed by atoms with Gasteiger partial charge in [0.15, 0.2) is 9.84 Å². The van der Waals surface area contributed by atoms with Crippen LogP contribution in [-0.4, -0.2) is 40.5 Å². The summed E-state index contributed by atoms with van der Waals surface area (Å²) in [7, 11) is -1.93. The Morgan fingerprint density at radius 3 is 2.33 bits per heavy atom. The second-order valence-corrected chi connectivity index (χ2v) is 6.45. The number of hydrogen-bond acceptors (Lipinski definition) is 6. The Hall–Kier alpha value is -1.15. The summed E-state index contributed by atoms with van der Waals surface area (Å²) in [5.74, 6) is -0.415. The lowest BCUT2D eigenvalue weighted by Crippen LogP contribution is -2.20. The van der Waals surface area contributed by atoms with Crippen molar-refractivity contribution < 1.29 is 22.7 Å². The zero-order valence-electron chi connectivity index (χ0n) is 11.9. The van der Waals surface area contributed by atoms with Crippen molar-refractivity contribution in [1.82, 2.24) is 0 Å². The van der Waals surface area contributed by atoms with Crippen LogP contribution in [0, 0.1) is 0 Å². The second-order valence-electron chi connectivity index (χ2n) is 4.17. The lowest BCUT2D eigenvalue weighted by atomic mass is 10.1. The van der Waals surface area contributed by atoms with Crippen LogP contribution in [0.5, 0.6) is 0 Å². The first-order valence-electron chi connectivity index (χ1n) is 6.13. The number of hydrogen-bond donors (Lipinski definition) is 1. The number of carbonyl (C=O) groups is 1. The highest BCUT2D eigenvalue weighted by molar-refractivity contribution is 7.91. The first-order valence-corrected chi connectivity index (χ1v) is 7.78. The second kappa shape index (κ2) is 8.99. The van der Waals surface area contributed by atoms with Gasteiger partial charge in [-0.2, -0.15) is 0 Å². The highest BCUT2D eigenvalue weighted by atomic mass is 35.5. The quantitative estimate of drug-likeness (QED) is 0.748. The van der Waals surface area contributed by atoms with E-state index in [1.807, 2.05) is 0 Å². The van der Waals surface area contributed by atoms with Crippen molar-refractivity contribution in [3.05, 3.63) is 29.8 Å². The van der Waals surface area contributed by atoms with Gasteiger partial charge < -0.3 is 15.2 Å². The van der Waals surface area contributed by atoms with Gasteiger partial charge in [0.25, 0.3) is 0 Å². The van der Waals surface area contributed by atoms with Crippen molar-refractivity contribution >= 4 is 28.2 Å². The number of rotatable bonds is 7. The SMILES string of the molecule is CCS(=O)(=O)c1ccc(C(N)COCC(=O)OC)cc1.Cl. The minimum Gasteiger partial charge on any atom is -0.467 e. The van der Waals surface area contributed by atoms with E-state index >= 15 is 0 Å². The van der Waals surface area contributed by atoms with Crippen molar-refractivity contribution in [3.63, 3.8) is 0 Å². The third-order valence-corrected chi connectivity index (χ3v) is 4.54. The highest BCUT2D eigenvalue weighted by Crippen LogP contribution is 2.16. The molecule has 0 bridgehead atoms. The molecule has 8 heteroatoms. The van der Waals surface area contributed by atoms with Gasteiger partial charge in [0.1, 0.15) is 6.61 Å². The predicted molar refractivity (Wildman–Crippen MR) is 81.2 cm³/mol. The maximum Gasteiger partial charge on any atom is 0.331 e. The van der Waals surface area contributed by atoms with Crippen LogP contribution in [0.25, 0.3) is 0 Å². The Kier molecular flexibility index (Phi) is 8.50. The minimum atomic E-state index is -3.21. The molecule has 0 aliphatic heterocycles. The minimum absolute atomic E-state index is 0. The molecule has 1 aromatic rings. The number of nitrogens with two attached hydrogens (primary N) is 1. The van der Waals surface area contributed by atoms with E-state index in [-0.39, 0.29) is 36.3 Å². The third kappa shape index (κ3) is 6.01. The number of esters is 1. The van der Waals surface area contributed by atoms with E-state index in [0.29, 0.717) is 0 Å². The van der Waals surface area contributed by atoms with Gasteiger partial charge in [-0.25, -0.2) is 13.2 Å². The van der Waals surface area contributed by atoms with Crippen molar-refractivity contribution in [2.75, 3.05) is 26.1 Å². The molecule has 0 aliphatic rings. The maximum absolute atomic E-state index is 11.7. The molecule has 2 N–H and O–H groups in total. The van der Waals surface area contributed by atoms with Gasteiger partial charge in [0.2, 0.25) is 0 Å². The maximum atomic E-state index is 11.7. The van der Waals surface area contributed by atoms with Crippen LogP contribution in [0.2, 0.25) is 0 Å². The fourth-order valence-corrected chi connectivity index (χ4v) is 2.40. The number of benzene rings is 1. The fraction of sp³-hybridized carbons (Fsp3) is 0.462. The van der Waals surface area contributed by atoms with Gasteiger partial charge in [-0.1, -0.05) is 19.1 Å². The van der Waals surface area contributed by atoms with Crippen LogP contribution >= 0.6 is 12.4 Å². The average molecular weight is 338 g/mol. The monoisotopic (exact) mass is 337 g/mol. The van der Waals surface area contributed by atoms with Crippen LogP contribution in [0.15, 0.2) is 29.2 Å². The van der Waals surface area contributed by atoms with Crippen LogP contribution in [0.3, 0.4) is 0 Å². The van der Waals surface area contributed by atoms with E-state index in [1.54, 1.807) is 19.1 Å². The molecule has 0 fully saturated rings. The number of sulfone groups is 1. The summed E-state index contributed by atoms with van der Waals surface area (Å²) >= 11 is 0.